The van der Waals surface area contributed by atoms with Crippen LogP contribution in [0.15, 0.2) is 47.4 Å². The molecule has 0 spiro atoms. The number of amides is 2. The van der Waals surface area contributed by atoms with Gasteiger partial charge in [-0.1, -0.05) is 45.0 Å². The number of aliphatic hydroxyl groups is 1. The Morgan fingerprint density at radius 3 is 2.44 bits per heavy atom. The van der Waals surface area contributed by atoms with E-state index >= 15 is 0 Å². The zero-order valence-electron chi connectivity index (χ0n) is 15.0. The lowest BCUT2D eigenvalue weighted by Crippen LogP contribution is -2.34. The minimum atomic E-state index is -0.821. The first-order chi connectivity index (χ1) is 11.7. The Balaban J connectivity index is 1.93. The average molecular weight is 343 g/mol. The SMILES string of the molecule is Cn1cccc(NC(=O)NCC(O)c2ccc(C(C)(C)C)cc2)c1=O. The summed E-state index contributed by atoms with van der Waals surface area (Å²) in [6, 6.07) is 10.3. The van der Waals surface area contributed by atoms with Crippen molar-refractivity contribution in [3.05, 3.63) is 64.1 Å². The summed E-state index contributed by atoms with van der Waals surface area (Å²) in [5, 5.41) is 15.3. The summed E-state index contributed by atoms with van der Waals surface area (Å²) < 4.78 is 1.38. The molecular formula is C19H25N3O3. The summed E-state index contributed by atoms with van der Waals surface area (Å²) in [6.07, 6.45) is 0.787. The van der Waals surface area contributed by atoms with Crippen molar-refractivity contribution in [1.82, 2.24) is 9.88 Å². The van der Waals surface area contributed by atoms with Crippen LogP contribution in [0.3, 0.4) is 0 Å². The molecule has 134 valence electrons. The number of pyridine rings is 1. The number of carbonyl (C=O) groups is 1. The van der Waals surface area contributed by atoms with Crippen LogP contribution < -0.4 is 16.2 Å². The Labute approximate surface area is 147 Å². The summed E-state index contributed by atoms with van der Waals surface area (Å²) >= 11 is 0. The summed E-state index contributed by atoms with van der Waals surface area (Å²) in [4.78, 5) is 23.8. The summed E-state index contributed by atoms with van der Waals surface area (Å²) in [5.74, 6) is 0. The molecular weight excluding hydrogens is 318 g/mol. The van der Waals surface area contributed by atoms with Crippen molar-refractivity contribution in [2.24, 2.45) is 7.05 Å². The van der Waals surface area contributed by atoms with E-state index in [4.69, 9.17) is 0 Å². The van der Waals surface area contributed by atoms with Gasteiger partial charge in [0.2, 0.25) is 0 Å². The van der Waals surface area contributed by atoms with Gasteiger partial charge in [0.05, 0.1) is 6.10 Å². The molecule has 0 radical (unpaired) electrons. The average Bonchev–Trinajstić information content (AvgIpc) is 2.56. The van der Waals surface area contributed by atoms with Crippen molar-refractivity contribution in [3.63, 3.8) is 0 Å². The Kier molecular flexibility index (Phi) is 5.64. The monoisotopic (exact) mass is 343 g/mol. The van der Waals surface area contributed by atoms with Gasteiger partial charge in [0, 0.05) is 19.8 Å². The van der Waals surface area contributed by atoms with E-state index in [0.29, 0.717) is 0 Å². The van der Waals surface area contributed by atoms with Gasteiger partial charge in [-0.3, -0.25) is 4.79 Å². The van der Waals surface area contributed by atoms with Crippen LogP contribution in [0, 0.1) is 0 Å². The third kappa shape index (κ3) is 4.93. The normalized spacial score (nSPS) is 12.5. The van der Waals surface area contributed by atoms with Crippen molar-refractivity contribution in [1.29, 1.82) is 0 Å². The zero-order chi connectivity index (χ0) is 18.6. The lowest BCUT2D eigenvalue weighted by atomic mass is 9.86. The first-order valence-corrected chi connectivity index (χ1v) is 8.17. The number of urea groups is 1. The Morgan fingerprint density at radius 2 is 1.84 bits per heavy atom. The number of aryl methyl sites for hydroxylation is 1. The topological polar surface area (TPSA) is 83.4 Å². The van der Waals surface area contributed by atoms with E-state index < -0.39 is 12.1 Å². The molecule has 0 fully saturated rings. The van der Waals surface area contributed by atoms with E-state index in [2.05, 4.69) is 31.4 Å². The van der Waals surface area contributed by atoms with Gasteiger partial charge in [-0.15, -0.1) is 0 Å². The predicted molar refractivity (Wildman–Crippen MR) is 98.8 cm³/mol. The minimum absolute atomic E-state index is 0.0451. The number of benzene rings is 1. The molecule has 6 heteroatoms. The lowest BCUT2D eigenvalue weighted by molar-refractivity contribution is 0.175. The van der Waals surface area contributed by atoms with Crippen molar-refractivity contribution in [3.8, 4) is 0 Å². The highest BCUT2D eigenvalue weighted by Gasteiger charge is 2.15. The van der Waals surface area contributed by atoms with E-state index in [1.54, 1.807) is 19.3 Å². The number of hydrogen-bond donors (Lipinski definition) is 3. The molecule has 6 nitrogen and oxygen atoms in total. The number of aromatic nitrogens is 1. The lowest BCUT2D eigenvalue weighted by Gasteiger charge is -2.20. The molecule has 0 aliphatic carbocycles. The third-order valence-electron chi connectivity index (χ3n) is 3.99. The van der Waals surface area contributed by atoms with Crippen molar-refractivity contribution in [2.45, 2.75) is 32.3 Å². The van der Waals surface area contributed by atoms with Gasteiger partial charge < -0.3 is 20.3 Å². The molecule has 0 saturated heterocycles. The number of rotatable bonds is 4. The first kappa shape index (κ1) is 18.7. The van der Waals surface area contributed by atoms with E-state index in [1.807, 2.05) is 24.3 Å². The van der Waals surface area contributed by atoms with Crippen LogP contribution in [0.4, 0.5) is 10.5 Å². The van der Waals surface area contributed by atoms with Gasteiger partial charge in [-0.2, -0.15) is 0 Å². The Morgan fingerprint density at radius 1 is 1.20 bits per heavy atom. The Bertz CT molecular complexity index is 789. The van der Waals surface area contributed by atoms with Crippen LogP contribution in [0.25, 0.3) is 0 Å². The molecule has 1 heterocycles. The van der Waals surface area contributed by atoms with Gasteiger partial charge in [0.15, 0.2) is 0 Å². The number of nitrogens with zero attached hydrogens (tertiary/aromatic N) is 1. The highest BCUT2D eigenvalue weighted by atomic mass is 16.3. The van der Waals surface area contributed by atoms with E-state index in [-0.39, 0.29) is 23.2 Å². The molecule has 0 saturated carbocycles. The highest BCUT2D eigenvalue weighted by Crippen LogP contribution is 2.23. The van der Waals surface area contributed by atoms with Crippen molar-refractivity contribution >= 4 is 11.7 Å². The summed E-state index contributed by atoms with van der Waals surface area (Å²) in [6.45, 7) is 6.42. The van der Waals surface area contributed by atoms with Crippen molar-refractivity contribution < 1.29 is 9.90 Å². The van der Waals surface area contributed by atoms with Crippen molar-refractivity contribution in [2.75, 3.05) is 11.9 Å². The number of hydrogen-bond acceptors (Lipinski definition) is 3. The maximum Gasteiger partial charge on any atom is 0.319 e. The van der Waals surface area contributed by atoms with E-state index in [0.717, 1.165) is 5.56 Å². The molecule has 0 aliphatic rings. The molecule has 2 rings (SSSR count). The van der Waals surface area contributed by atoms with E-state index in [9.17, 15) is 14.7 Å². The quantitative estimate of drug-likeness (QED) is 0.798. The third-order valence-corrected chi connectivity index (χ3v) is 3.99. The highest BCUT2D eigenvalue weighted by molar-refractivity contribution is 5.88. The predicted octanol–water partition coefficient (Wildman–Crippen LogP) is 2.54. The molecule has 0 bridgehead atoms. The van der Waals surface area contributed by atoms with Crippen LogP contribution in [0.1, 0.15) is 38.0 Å². The van der Waals surface area contributed by atoms with Gasteiger partial charge in [-0.05, 0) is 28.7 Å². The first-order valence-electron chi connectivity index (χ1n) is 8.17. The number of aliphatic hydroxyl groups excluding tert-OH is 1. The fourth-order valence-electron chi connectivity index (χ4n) is 2.37. The van der Waals surface area contributed by atoms with Gasteiger partial charge in [0.25, 0.3) is 5.56 Å². The molecule has 25 heavy (non-hydrogen) atoms. The fraction of sp³-hybridized carbons (Fsp3) is 0.368. The summed E-state index contributed by atoms with van der Waals surface area (Å²) in [5.41, 5.74) is 1.84. The molecule has 1 aromatic carbocycles. The van der Waals surface area contributed by atoms with Crippen LogP contribution in [0.2, 0.25) is 0 Å². The Hall–Kier alpha value is -2.60. The number of carbonyl (C=O) groups excluding carboxylic acids is 1. The van der Waals surface area contributed by atoms with Crippen LogP contribution in [0.5, 0.6) is 0 Å². The standard InChI is InChI=1S/C19H25N3O3/c1-19(2,3)14-9-7-13(8-10-14)16(23)12-20-18(25)21-15-6-5-11-22(4)17(15)24/h5-11,16,23H,12H2,1-4H3,(H2,20,21,25). The van der Waals surface area contributed by atoms with Gasteiger partial charge in [-0.25, -0.2) is 4.79 Å². The second-order valence-corrected chi connectivity index (χ2v) is 7.06. The second-order valence-electron chi connectivity index (χ2n) is 7.06. The molecule has 2 amide bonds. The maximum absolute atomic E-state index is 11.9. The molecule has 1 unspecified atom stereocenters. The van der Waals surface area contributed by atoms with E-state index in [1.165, 1.54) is 16.2 Å². The van der Waals surface area contributed by atoms with Crippen LogP contribution in [-0.2, 0) is 12.5 Å². The largest absolute Gasteiger partial charge is 0.387 e. The van der Waals surface area contributed by atoms with Crippen LogP contribution >= 0.6 is 0 Å². The number of nitrogens with one attached hydrogen (secondary N) is 2. The molecule has 0 aliphatic heterocycles. The van der Waals surface area contributed by atoms with Crippen LogP contribution in [-0.4, -0.2) is 22.2 Å². The molecule has 1 atom stereocenters. The van der Waals surface area contributed by atoms with Gasteiger partial charge in [0.1, 0.15) is 5.69 Å². The fourth-order valence-corrected chi connectivity index (χ4v) is 2.37. The molecule has 1 aromatic heterocycles. The molecule has 2 aromatic rings. The smallest absolute Gasteiger partial charge is 0.319 e. The maximum atomic E-state index is 11.9. The second kappa shape index (κ2) is 7.53. The van der Waals surface area contributed by atoms with Gasteiger partial charge >= 0.3 is 6.03 Å². The zero-order valence-corrected chi connectivity index (χ0v) is 15.0. The number of anilines is 1. The minimum Gasteiger partial charge on any atom is -0.387 e. The molecule has 3 N–H and O–H groups in total. The summed E-state index contributed by atoms with van der Waals surface area (Å²) in [7, 11) is 1.61.